The van der Waals surface area contributed by atoms with Gasteiger partial charge in [0.15, 0.2) is 10.8 Å². The van der Waals surface area contributed by atoms with E-state index in [1.807, 2.05) is 0 Å². The standard InChI is InChI=1S/C18H22N6O7S2.Na/c1-18(2)11(16(29)30)24-13(26)10(14(24)33-18)22-12(25)9(8-5-32-17(19)21-8)23-31-6-3-7(15(27)28)20-4-6;/h5-7,10-11,14,20H,3-4H2,1-2H3,(H2,19,21)(H,22,25)(H,27,28)(H,29,30);/q;+1/p-1/b23-9-;/t6-,7-,10+,11-,14+;/m0./s1. The molecule has 4 rings (SSSR count). The molecule has 16 heteroatoms. The third kappa shape index (κ3) is 4.90. The summed E-state index contributed by atoms with van der Waals surface area (Å²) in [6.45, 7) is 3.62. The van der Waals surface area contributed by atoms with Crippen LogP contribution in [0.2, 0.25) is 0 Å². The van der Waals surface area contributed by atoms with Crippen LogP contribution in [0.4, 0.5) is 5.13 Å². The second-order valence-electron chi connectivity index (χ2n) is 8.30. The number of oxime groups is 1. The molecule has 0 unspecified atom stereocenters. The molecule has 3 aliphatic heterocycles. The van der Waals surface area contributed by atoms with Crippen LogP contribution < -0.4 is 51.0 Å². The zero-order valence-corrected chi connectivity index (χ0v) is 22.1. The van der Waals surface area contributed by atoms with E-state index in [1.165, 1.54) is 22.0 Å². The van der Waals surface area contributed by atoms with Crippen molar-refractivity contribution < 1.29 is 63.8 Å². The van der Waals surface area contributed by atoms with Gasteiger partial charge in [0.1, 0.15) is 29.3 Å². The molecule has 3 saturated heterocycles. The first-order valence-electron chi connectivity index (χ1n) is 9.92. The number of nitrogens with two attached hydrogens (primary N) is 1. The molecular formula is C18H21N6NaO7S2. The minimum atomic E-state index is -1.36. The molecule has 0 spiro atoms. The molecule has 3 fully saturated rings. The fraction of sp³-hybridized carbons (Fsp3) is 0.556. The molecule has 5 atom stereocenters. The van der Waals surface area contributed by atoms with Crippen LogP contribution in [-0.2, 0) is 24.0 Å². The van der Waals surface area contributed by atoms with Crippen molar-refractivity contribution in [1.29, 1.82) is 0 Å². The number of anilines is 1. The molecule has 34 heavy (non-hydrogen) atoms. The van der Waals surface area contributed by atoms with E-state index in [9.17, 15) is 24.3 Å². The van der Waals surface area contributed by atoms with Crippen molar-refractivity contribution in [3.8, 4) is 0 Å². The average Bonchev–Trinajstić information content (AvgIpc) is 3.43. The maximum Gasteiger partial charge on any atom is 1.00 e. The maximum absolute atomic E-state index is 13.0. The number of amides is 2. The summed E-state index contributed by atoms with van der Waals surface area (Å²) in [4.78, 5) is 59.0. The second kappa shape index (κ2) is 9.99. The number of nitrogen functional groups attached to an aromatic ring is 1. The molecule has 0 aromatic carbocycles. The molecule has 1 aromatic heterocycles. The van der Waals surface area contributed by atoms with Crippen molar-refractivity contribution in [1.82, 2.24) is 20.5 Å². The predicted molar refractivity (Wildman–Crippen MR) is 115 cm³/mol. The average molecular weight is 521 g/mol. The Bertz CT molecular complexity index is 1050. The number of carboxylic acids is 2. The largest absolute Gasteiger partial charge is 1.00 e. The molecule has 0 aliphatic carbocycles. The number of hydrogen-bond donors (Lipinski definition) is 4. The van der Waals surface area contributed by atoms with Gasteiger partial charge >= 0.3 is 35.5 Å². The number of carboxylic acid groups (broad SMARTS) is 2. The summed E-state index contributed by atoms with van der Waals surface area (Å²) in [5, 5.41) is 31.0. The monoisotopic (exact) mass is 520 g/mol. The number of carbonyl (C=O) groups is 4. The molecule has 0 radical (unpaired) electrons. The Kier molecular flexibility index (Phi) is 7.84. The van der Waals surface area contributed by atoms with Gasteiger partial charge in [-0.3, -0.25) is 14.4 Å². The first-order chi connectivity index (χ1) is 15.5. The SMILES string of the molecule is CC1(C)S[C@@H]2[C@H](NC(=O)/C(=N\O[C@@H]3CN[C@H](C(=O)O)C3)c3csc(N)n3)C(=O)N2[C@H]1C(=O)[O-].[Na+]. The number of nitrogens with zero attached hydrogens (tertiary/aromatic N) is 3. The van der Waals surface area contributed by atoms with Crippen molar-refractivity contribution >= 4 is 57.7 Å². The summed E-state index contributed by atoms with van der Waals surface area (Å²) >= 11 is 2.34. The van der Waals surface area contributed by atoms with Crippen LogP contribution in [0.15, 0.2) is 10.5 Å². The molecule has 178 valence electrons. The Hall–Kier alpha value is -1.91. The van der Waals surface area contributed by atoms with Crippen LogP contribution in [0.1, 0.15) is 26.0 Å². The van der Waals surface area contributed by atoms with Crippen LogP contribution in [0, 0.1) is 0 Å². The number of carbonyl (C=O) groups excluding carboxylic acids is 3. The number of aromatic nitrogens is 1. The Labute approximate surface area is 224 Å². The number of aliphatic carboxylic acids is 2. The van der Waals surface area contributed by atoms with Crippen LogP contribution in [0.3, 0.4) is 0 Å². The van der Waals surface area contributed by atoms with E-state index in [4.69, 9.17) is 15.7 Å². The summed E-state index contributed by atoms with van der Waals surface area (Å²) in [7, 11) is 0. The van der Waals surface area contributed by atoms with Gasteiger partial charge in [0.05, 0.1) is 12.0 Å². The molecule has 3 aliphatic rings. The van der Waals surface area contributed by atoms with E-state index in [2.05, 4.69) is 20.8 Å². The van der Waals surface area contributed by atoms with Crippen LogP contribution in [0.25, 0.3) is 0 Å². The molecule has 0 saturated carbocycles. The van der Waals surface area contributed by atoms with E-state index in [1.54, 1.807) is 13.8 Å². The fourth-order valence-electron chi connectivity index (χ4n) is 4.04. The van der Waals surface area contributed by atoms with Gasteiger partial charge in [-0.1, -0.05) is 5.16 Å². The van der Waals surface area contributed by atoms with Crippen molar-refractivity contribution in [2.75, 3.05) is 12.3 Å². The molecule has 5 N–H and O–H groups in total. The Balaban J connectivity index is 0.00000324. The fourth-order valence-corrected chi connectivity index (χ4v) is 6.20. The van der Waals surface area contributed by atoms with E-state index < -0.39 is 58.1 Å². The Morgan fingerprint density at radius 2 is 2.15 bits per heavy atom. The number of hydrogen-bond acceptors (Lipinski definition) is 12. The smallest absolute Gasteiger partial charge is 0.548 e. The first-order valence-corrected chi connectivity index (χ1v) is 11.7. The number of fused-ring (bicyclic) bond motifs is 1. The first kappa shape index (κ1) is 26.7. The van der Waals surface area contributed by atoms with Crippen molar-refractivity contribution in [2.24, 2.45) is 5.16 Å². The van der Waals surface area contributed by atoms with E-state index in [0.29, 0.717) is 0 Å². The second-order valence-corrected chi connectivity index (χ2v) is 11.0. The molecule has 0 bridgehead atoms. The quantitative estimate of drug-likeness (QED) is 0.116. The third-order valence-electron chi connectivity index (χ3n) is 5.61. The van der Waals surface area contributed by atoms with Gasteiger partial charge in [0, 0.05) is 23.1 Å². The van der Waals surface area contributed by atoms with Gasteiger partial charge in [-0.2, -0.15) is 0 Å². The van der Waals surface area contributed by atoms with Gasteiger partial charge < -0.3 is 41.1 Å². The molecule has 2 amide bonds. The summed E-state index contributed by atoms with van der Waals surface area (Å²) < 4.78 is -0.793. The number of β-lactam (4-membered cyclic amide) rings is 1. The van der Waals surface area contributed by atoms with Gasteiger partial charge in [-0.15, -0.1) is 23.1 Å². The molecular weight excluding hydrogens is 499 g/mol. The van der Waals surface area contributed by atoms with E-state index >= 15 is 0 Å². The summed E-state index contributed by atoms with van der Waals surface area (Å²) in [6.07, 6.45) is -0.428. The Morgan fingerprint density at radius 1 is 1.44 bits per heavy atom. The molecule has 4 heterocycles. The zero-order valence-electron chi connectivity index (χ0n) is 18.5. The summed E-state index contributed by atoms with van der Waals surface area (Å²) in [5.41, 5.74) is 5.57. The summed E-state index contributed by atoms with van der Waals surface area (Å²) in [5.74, 6) is -3.67. The number of thiazole rings is 1. The van der Waals surface area contributed by atoms with Gasteiger partial charge in [-0.05, 0) is 13.8 Å². The van der Waals surface area contributed by atoms with Crippen molar-refractivity contribution in [3.63, 3.8) is 0 Å². The van der Waals surface area contributed by atoms with Crippen LogP contribution in [-0.4, -0.2) is 85.4 Å². The van der Waals surface area contributed by atoms with Crippen LogP contribution in [0.5, 0.6) is 0 Å². The van der Waals surface area contributed by atoms with E-state index in [-0.39, 0.29) is 59.1 Å². The summed E-state index contributed by atoms with van der Waals surface area (Å²) in [6, 6.07) is -2.85. The molecule has 13 nitrogen and oxygen atoms in total. The van der Waals surface area contributed by atoms with Gasteiger partial charge in [-0.25, -0.2) is 4.98 Å². The van der Waals surface area contributed by atoms with Crippen LogP contribution >= 0.6 is 23.1 Å². The number of nitrogens with one attached hydrogen (secondary N) is 2. The predicted octanol–water partition coefficient (Wildman–Crippen LogP) is -5.44. The maximum atomic E-state index is 13.0. The van der Waals surface area contributed by atoms with Crippen molar-refractivity contribution in [2.45, 2.75) is 54.6 Å². The number of thioether (sulfide) groups is 1. The number of rotatable bonds is 7. The van der Waals surface area contributed by atoms with Gasteiger partial charge in [0.25, 0.3) is 5.91 Å². The normalized spacial score (nSPS) is 29.6. The molecule has 1 aromatic rings. The van der Waals surface area contributed by atoms with E-state index in [0.717, 1.165) is 11.3 Å². The topological polar surface area (TPSA) is 199 Å². The third-order valence-corrected chi connectivity index (χ3v) is 7.86. The van der Waals surface area contributed by atoms with Gasteiger partial charge in [0.2, 0.25) is 5.91 Å². The minimum absolute atomic E-state index is 0. The van der Waals surface area contributed by atoms with Crippen molar-refractivity contribution in [3.05, 3.63) is 11.1 Å². The minimum Gasteiger partial charge on any atom is -0.548 e. The zero-order chi connectivity index (χ0) is 24.1. The Morgan fingerprint density at radius 3 is 2.71 bits per heavy atom.